The lowest BCUT2D eigenvalue weighted by atomic mass is 10.0. The van der Waals surface area contributed by atoms with Crippen LogP contribution in [0.1, 0.15) is 39.8 Å². The standard InChI is InChI=1S/C19H17FN4O2S/c1-11-16(27-19(23-11)17-21-7-3-8-22-17)18(25)24-14-4-2-9-26-15-6-5-12(20)10-13(14)15/h3,5-8,10,14H,2,4,9H2,1H3,(H,24,25)/t14-/m0/s1. The lowest BCUT2D eigenvalue weighted by Crippen LogP contribution is -2.28. The van der Waals surface area contributed by atoms with Crippen molar-refractivity contribution in [2.75, 3.05) is 6.61 Å². The van der Waals surface area contributed by atoms with Crippen molar-refractivity contribution in [1.82, 2.24) is 20.3 Å². The fourth-order valence-corrected chi connectivity index (χ4v) is 3.95. The Kier molecular flexibility index (Phi) is 4.81. The fourth-order valence-electron chi connectivity index (χ4n) is 3.03. The molecule has 1 atom stereocenters. The summed E-state index contributed by atoms with van der Waals surface area (Å²) in [6, 6.07) is 5.81. The molecule has 1 amide bonds. The Hall–Kier alpha value is -2.87. The molecule has 3 heterocycles. The number of hydrogen-bond acceptors (Lipinski definition) is 6. The quantitative estimate of drug-likeness (QED) is 0.745. The van der Waals surface area contributed by atoms with E-state index in [2.05, 4.69) is 20.3 Å². The van der Waals surface area contributed by atoms with Crippen molar-refractivity contribution >= 4 is 17.2 Å². The second kappa shape index (κ2) is 7.40. The molecule has 3 aromatic rings. The molecule has 1 aromatic carbocycles. The number of benzene rings is 1. The Morgan fingerprint density at radius 2 is 2.15 bits per heavy atom. The van der Waals surface area contributed by atoms with Gasteiger partial charge in [-0.1, -0.05) is 0 Å². The van der Waals surface area contributed by atoms with Gasteiger partial charge in [-0.25, -0.2) is 19.3 Å². The van der Waals surface area contributed by atoms with Crippen molar-refractivity contribution in [2.24, 2.45) is 0 Å². The summed E-state index contributed by atoms with van der Waals surface area (Å²) in [6.07, 6.45) is 4.71. The SMILES string of the molecule is Cc1nc(-c2ncccn2)sc1C(=O)N[C@H]1CCCOc2ccc(F)cc21. The molecule has 138 valence electrons. The third-order valence-corrected chi connectivity index (χ3v) is 5.46. The predicted octanol–water partition coefficient (Wildman–Crippen LogP) is 3.69. The van der Waals surface area contributed by atoms with E-state index in [9.17, 15) is 9.18 Å². The number of aromatic nitrogens is 3. The lowest BCUT2D eigenvalue weighted by Gasteiger charge is -2.18. The molecule has 1 N–H and O–H groups in total. The molecule has 8 heteroatoms. The molecular weight excluding hydrogens is 367 g/mol. The summed E-state index contributed by atoms with van der Waals surface area (Å²) >= 11 is 1.25. The van der Waals surface area contributed by atoms with Crippen LogP contribution in [0.15, 0.2) is 36.7 Å². The van der Waals surface area contributed by atoms with Crippen LogP contribution in [-0.4, -0.2) is 27.5 Å². The Labute approximate surface area is 159 Å². The first-order chi connectivity index (χ1) is 13.1. The Balaban J connectivity index is 1.60. The number of ether oxygens (including phenoxy) is 1. The van der Waals surface area contributed by atoms with E-state index < -0.39 is 0 Å². The Morgan fingerprint density at radius 1 is 1.33 bits per heavy atom. The van der Waals surface area contributed by atoms with Gasteiger partial charge in [-0.05, 0) is 44.0 Å². The summed E-state index contributed by atoms with van der Waals surface area (Å²) in [5.41, 5.74) is 1.28. The highest BCUT2D eigenvalue weighted by Gasteiger charge is 2.25. The van der Waals surface area contributed by atoms with Gasteiger partial charge >= 0.3 is 0 Å². The number of nitrogens with one attached hydrogen (secondary N) is 1. The van der Waals surface area contributed by atoms with Gasteiger partial charge in [0.25, 0.3) is 5.91 Å². The van der Waals surface area contributed by atoms with Crippen LogP contribution in [0.25, 0.3) is 10.8 Å². The van der Waals surface area contributed by atoms with Gasteiger partial charge in [0.15, 0.2) is 10.8 Å². The average molecular weight is 384 g/mol. The molecule has 1 aliphatic rings. The van der Waals surface area contributed by atoms with Crippen LogP contribution in [0.4, 0.5) is 4.39 Å². The molecule has 4 rings (SSSR count). The van der Waals surface area contributed by atoms with Gasteiger partial charge in [-0.15, -0.1) is 11.3 Å². The third-order valence-electron chi connectivity index (χ3n) is 4.31. The molecule has 1 aliphatic heterocycles. The fraction of sp³-hybridized carbons (Fsp3) is 0.263. The molecule has 27 heavy (non-hydrogen) atoms. The zero-order chi connectivity index (χ0) is 18.8. The molecule has 0 radical (unpaired) electrons. The molecule has 6 nitrogen and oxygen atoms in total. The van der Waals surface area contributed by atoms with E-state index in [0.29, 0.717) is 45.7 Å². The van der Waals surface area contributed by atoms with E-state index in [1.165, 1.54) is 23.5 Å². The van der Waals surface area contributed by atoms with E-state index in [1.807, 2.05) is 0 Å². The van der Waals surface area contributed by atoms with Crippen molar-refractivity contribution in [1.29, 1.82) is 0 Å². The first kappa shape index (κ1) is 17.5. The monoisotopic (exact) mass is 384 g/mol. The van der Waals surface area contributed by atoms with E-state index in [4.69, 9.17) is 4.74 Å². The topological polar surface area (TPSA) is 77.0 Å². The smallest absolute Gasteiger partial charge is 0.263 e. The number of halogens is 1. The van der Waals surface area contributed by atoms with Gasteiger partial charge in [0.2, 0.25) is 0 Å². The molecule has 0 aliphatic carbocycles. The highest BCUT2D eigenvalue weighted by molar-refractivity contribution is 7.17. The maximum atomic E-state index is 13.7. The van der Waals surface area contributed by atoms with E-state index in [-0.39, 0.29) is 17.8 Å². The minimum atomic E-state index is -0.351. The van der Waals surface area contributed by atoms with Crippen molar-refractivity contribution in [3.8, 4) is 16.6 Å². The maximum Gasteiger partial charge on any atom is 0.263 e. The van der Waals surface area contributed by atoms with Crippen molar-refractivity contribution in [3.05, 3.63) is 58.6 Å². The van der Waals surface area contributed by atoms with E-state index >= 15 is 0 Å². The third kappa shape index (κ3) is 3.66. The molecule has 0 unspecified atom stereocenters. The van der Waals surface area contributed by atoms with Crippen molar-refractivity contribution < 1.29 is 13.9 Å². The minimum absolute atomic E-state index is 0.241. The van der Waals surface area contributed by atoms with Crippen LogP contribution in [0.5, 0.6) is 5.75 Å². The first-order valence-electron chi connectivity index (χ1n) is 8.60. The molecule has 2 aromatic heterocycles. The van der Waals surface area contributed by atoms with E-state index in [1.54, 1.807) is 31.5 Å². The largest absolute Gasteiger partial charge is 0.493 e. The molecule has 0 bridgehead atoms. The number of amides is 1. The van der Waals surface area contributed by atoms with Gasteiger partial charge in [0.05, 0.1) is 18.3 Å². The summed E-state index contributed by atoms with van der Waals surface area (Å²) in [5, 5.41) is 3.60. The molecule has 0 saturated carbocycles. The maximum absolute atomic E-state index is 13.7. The highest BCUT2D eigenvalue weighted by atomic mass is 32.1. The molecule has 0 saturated heterocycles. The summed E-state index contributed by atoms with van der Waals surface area (Å²) in [4.78, 5) is 26.1. The van der Waals surface area contributed by atoms with Crippen molar-refractivity contribution in [2.45, 2.75) is 25.8 Å². The average Bonchev–Trinajstić information content (AvgIpc) is 2.97. The van der Waals surface area contributed by atoms with Crippen LogP contribution in [0.2, 0.25) is 0 Å². The Bertz CT molecular complexity index is 977. The predicted molar refractivity (Wildman–Crippen MR) is 99.2 cm³/mol. The lowest BCUT2D eigenvalue weighted by molar-refractivity contribution is 0.0938. The summed E-state index contributed by atoms with van der Waals surface area (Å²) in [7, 11) is 0. The number of thiazole rings is 1. The first-order valence-corrected chi connectivity index (χ1v) is 9.41. The Morgan fingerprint density at radius 3 is 2.96 bits per heavy atom. The van der Waals surface area contributed by atoms with Gasteiger partial charge < -0.3 is 10.1 Å². The number of aryl methyl sites for hydroxylation is 1. The summed E-state index contributed by atoms with van der Waals surface area (Å²) in [6.45, 7) is 2.32. The van der Waals surface area contributed by atoms with Crippen LogP contribution >= 0.6 is 11.3 Å². The zero-order valence-electron chi connectivity index (χ0n) is 14.6. The molecule has 0 fully saturated rings. The zero-order valence-corrected chi connectivity index (χ0v) is 15.4. The van der Waals surface area contributed by atoms with Crippen LogP contribution in [0.3, 0.4) is 0 Å². The van der Waals surface area contributed by atoms with Gasteiger partial charge in [0, 0.05) is 18.0 Å². The normalized spacial score (nSPS) is 16.1. The van der Waals surface area contributed by atoms with Crippen LogP contribution in [0, 0.1) is 12.7 Å². The second-order valence-electron chi connectivity index (χ2n) is 6.20. The number of rotatable bonds is 3. The van der Waals surface area contributed by atoms with Gasteiger partial charge in [-0.2, -0.15) is 0 Å². The summed E-state index contributed by atoms with van der Waals surface area (Å²) in [5.74, 6) is 0.504. The second-order valence-corrected chi connectivity index (χ2v) is 7.20. The van der Waals surface area contributed by atoms with Gasteiger partial charge in [-0.3, -0.25) is 4.79 Å². The highest BCUT2D eigenvalue weighted by Crippen LogP contribution is 2.33. The number of carbonyl (C=O) groups is 1. The van der Waals surface area contributed by atoms with E-state index in [0.717, 1.165) is 6.42 Å². The van der Waals surface area contributed by atoms with Gasteiger partial charge in [0.1, 0.15) is 16.4 Å². The van der Waals surface area contributed by atoms with Crippen LogP contribution in [-0.2, 0) is 0 Å². The van der Waals surface area contributed by atoms with Crippen molar-refractivity contribution in [3.63, 3.8) is 0 Å². The minimum Gasteiger partial charge on any atom is -0.493 e. The summed E-state index contributed by atoms with van der Waals surface area (Å²) < 4.78 is 19.4. The van der Waals surface area contributed by atoms with Crippen LogP contribution < -0.4 is 10.1 Å². The molecule has 0 spiro atoms. The number of fused-ring (bicyclic) bond motifs is 1. The number of nitrogens with zero attached hydrogens (tertiary/aromatic N) is 3. The number of hydrogen-bond donors (Lipinski definition) is 1. The molecular formula is C19H17FN4O2S. The number of carbonyl (C=O) groups excluding carboxylic acids is 1.